The van der Waals surface area contributed by atoms with Crippen LogP contribution in [0.25, 0.3) is 0 Å². The smallest absolute Gasteiger partial charge is 0.0992 e. The zero-order chi connectivity index (χ0) is 15.2. The lowest BCUT2D eigenvalue weighted by atomic mass is 9.98. The van der Waals surface area contributed by atoms with Gasteiger partial charge in [-0.25, -0.2) is 0 Å². The molecular weight excluding hydrogens is 268 g/mol. The third kappa shape index (κ3) is 3.16. The summed E-state index contributed by atoms with van der Waals surface area (Å²) >= 11 is 0. The third-order valence-electron chi connectivity index (χ3n) is 3.57. The lowest BCUT2D eigenvalue weighted by Crippen LogP contribution is -2.12. The summed E-state index contributed by atoms with van der Waals surface area (Å²) in [5.74, 6) is 0. The first kappa shape index (κ1) is 13.9. The largest absolute Gasteiger partial charge is 0.374 e. The van der Waals surface area contributed by atoms with Crippen molar-refractivity contribution in [3.05, 3.63) is 102 Å². The van der Waals surface area contributed by atoms with Crippen molar-refractivity contribution in [3.63, 3.8) is 0 Å². The van der Waals surface area contributed by atoms with Crippen LogP contribution < -0.4 is 5.32 Å². The van der Waals surface area contributed by atoms with Crippen LogP contribution in [-0.4, -0.2) is 0 Å². The topological polar surface area (TPSA) is 35.8 Å². The molecule has 0 amide bonds. The molecule has 0 saturated carbocycles. The second kappa shape index (κ2) is 6.60. The Kier molecular flexibility index (Phi) is 4.17. The van der Waals surface area contributed by atoms with Crippen LogP contribution in [0.15, 0.2) is 84.9 Å². The maximum absolute atomic E-state index is 9.05. The minimum absolute atomic E-state index is 0.0522. The highest BCUT2D eigenvalue weighted by Gasteiger charge is 2.13. The summed E-state index contributed by atoms with van der Waals surface area (Å²) in [6.07, 6.45) is 0. The SMILES string of the molecule is N#Cc1cccc(NC(c2ccccc2)c2ccccc2)c1. The normalized spacial score (nSPS) is 10.2. The maximum Gasteiger partial charge on any atom is 0.0992 e. The van der Waals surface area contributed by atoms with Gasteiger partial charge in [-0.05, 0) is 29.3 Å². The Bertz CT molecular complexity index is 734. The van der Waals surface area contributed by atoms with E-state index in [0.717, 1.165) is 5.69 Å². The van der Waals surface area contributed by atoms with Gasteiger partial charge >= 0.3 is 0 Å². The Hall–Kier alpha value is -3.05. The predicted molar refractivity (Wildman–Crippen MR) is 89.5 cm³/mol. The van der Waals surface area contributed by atoms with E-state index in [9.17, 15) is 0 Å². The van der Waals surface area contributed by atoms with Gasteiger partial charge in [-0.1, -0.05) is 66.7 Å². The summed E-state index contributed by atoms with van der Waals surface area (Å²) in [5, 5.41) is 12.6. The van der Waals surface area contributed by atoms with Crippen LogP contribution in [0.3, 0.4) is 0 Å². The Morgan fingerprint density at radius 2 is 1.32 bits per heavy atom. The Balaban J connectivity index is 1.97. The van der Waals surface area contributed by atoms with E-state index in [-0.39, 0.29) is 6.04 Å². The minimum Gasteiger partial charge on any atom is -0.374 e. The lowest BCUT2D eigenvalue weighted by molar-refractivity contribution is 0.939. The number of nitrogens with one attached hydrogen (secondary N) is 1. The molecule has 2 heteroatoms. The molecule has 106 valence electrons. The van der Waals surface area contributed by atoms with Crippen LogP contribution in [0, 0.1) is 11.3 Å². The Morgan fingerprint density at radius 3 is 1.86 bits per heavy atom. The van der Waals surface area contributed by atoms with E-state index >= 15 is 0 Å². The van der Waals surface area contributed by atoms with Gasteiger partial charge in [0.15, 0.2) is 0 Å². The molecule has 0 atom stereocenters. The molecule has 0 heterocycles. The monoisotopic (exact) mass is 284 g/mol. The second-order valence-corrected chi connectivity index (χ2v) is 5.09. The quantitative estimate of drug-likeness (QED) is 0.749. The maximum atomic E-state index is 9.05. The molecule has 0 aliphatic rings. The third-order valence-corrected chi connectivity index (χ3v) is 3.57. The van der Waals surface area contributed by atoms with Gasteiger partial charge in [-0.15, -0.1) is 0 Å². The number of hydrogen-bond acceptors (Lipinski definition) is 2. The molecule has 0 saturated heterocycles. The van der Waals surface area contributed by atoms with Crippen molar-refractivity contribution < 1.29 is 0 Å². The van der Waals surface area contributed by atoms with Crippen LogP contribution in [0.4, 0.5) is 5.69 Å². The Labute approximate surface area is 130 Å². The lowest BCUT2D eigenvalue weighted by Gasteiger charge is -2.21. The average Bonchev–Trinajstić information content (AvgIpc) is 2.61. The van der Waals surface area contributed by atoms with Crippen molar-refractivity contribution in [1.82, 2.24) is 0 Å². The first-order chi connectivity index (χ1) is 10.9. The molecule has 0 bridgehead atoms. The van der Waals surface area contributed by atoms with E-state index < -0.39 is 0 Å². The summed E-state index contributed by atoms with van der Waals surface area (Å²) in [4.78, 5) is 0. The summed E-state index contributed by atoms with van der Waals surface area (Å²) in [5.41, 5.74) is 3.98. The number of benzene rings is 3. The van der Waals surface area contributed by atoms with E-state index in [4.69, 9.17) is 5.26 Å². The highest BCUT2D eigenvalue weighted by molar-refractivity contribution is 5.53. The van der Waals surface area contributed by atoms with Crippen molar-refractivity contribution in [2.24, 2.45) is 0 Å². The van der Waals surface area contributed by atoms with Gasteiger partial charge in [-0.2, -0.15) is 5.26 Å². The summed E-state index contributed by atoms with van der Waals surface area (Å²) < 4.78 is 0. The van der Waals surface area contributed by atoms with Crippen LogP contribution in [-0.2, 0) is 0 Å². The van der Waals surface area contributed by atoms with Crippen molar-refractivity contribution in [3.8, 4) is 6.07 Å². The summed E-state index contributed by atoms with van der Waals surface area (Å²) in [7, 11) is 0. The van der Waals surface area contributed by atoms with Gasteiger partial charge in [0, 0.05) is 5.69 Å². The highest BCUT2D eigenvalue weighted by atomic mass is 14.9. The van der Waals surface area contributed by atoms with Crippen molar-refractivity contribution in [2.45, 2.75) is 6.04 Å². The van der Waals surface area contributed by atoms with Crippen LogP contribution in [0.2, 0.25) is 0 Å². The predicted octanol–water partition coefficient (Wildman–Crippen LogP) is 4.76. The molecule has 2 nitrogen and oxygen atoms in total. The van der Waals surface area contributed by atoms with Gasteiger partial charge in [0.2, 0.25) is 0 Å². The molecule has 3 aromatic rings. The van der Waals surface area contributed by atoms with E-state index in [0.29, 0.717) is 5.56 Å². The molecule has 0 fully saturated rings. The van der Waals surface area contributed by atoms with Gasteiger partial charge in [0.25, 0.3) is 0 Å². The van der Waals surface area contributed by atoms with Crippen molar-refractivity contribution in [1.29, 1.82) is 5.26 Å². The standard InChI is InChI=1S/C20H16N2/c21-15-16-8-7-13-19(14-16)22-20(17-9-3-1-4-10-17)18-11-5-2-6-12-18/h1-14,20,22H. The van der Waals surface area contributed by atoms with Gasteiger partial charge in [-0.3, -0.25) is 0 Å². The summed E-state index contributed by atoms with van der Waals surface area (Å²) in [6.45, 7) is 0. The molecule has 0 aromatic heterocycles. The fourth-order valence-corrected chi connectivity index (χ4v) is 2.50. The molecule has 22 heavy (non-hydrogen) atoms. The molecule has 1 N–H and O–H groups in total. The van der Waals surface area contributed by atoms with Gasteiger partial charge in [0.1, 0.15) is 0 Å². The number of rotatable bonds is 4. The molecule has 0 unspecified atom stereocenters. The van der Waals surface area contributed by atoms with Crippen LogP contribution in [0.5, 0.6) is 0 Å². The van der Waals surface area contributed by atoms with Crippen LogP contribution >= 0.6 is 0 Å². The first-order valence-corrected chi connectivity index (χ1v) is 7.23. The number of anilines is 1. The second-order valence-electron chi connectivity index (χ2n) is 5.09. The molecule has 0 spiro atoms. The van der Waals surface area contributed by atoms with Crippen LogP contribution in [0.1, 0.15) is 22.7 Å². The zero-order valence-electron chi connectivity index (χ0n) is 12.1. The van der Waals surface area contributed by atoms with Gasteiger partial charge in [0.05, 0.1) is 17.7 Å². The van der Waals surface area contributed by atoms with E-state index in [2.05, 4.69) is 35.7 Å². The molecular formula is C20H16N2. The minimum atomic E-state index is 0.0522. The first-order valence-electron chi connectivity index (χ1n) is 7.23. The molecule has 3 aromatic carbocycles. The molecule has 3 rings (SSSR count). The van der Waals surface area contributed by atoms with Crippen molar-refractivity contribution in [2.75, 3.05) is 5.32 Å². The molecule has 0 aliphatic carbocycles. The average molecular weight is 284 g/mol. The molecule has 0 aliphatic heterocycles. The Morgan fingerprint density at radius 1 is 0.727 bits per heavy atom. The summed E-state index contributed by atoms with van der Waals surface area (Å²) in [6, 6.07) is 30.4. The number of nitrogens with zero attached hydrogens (tertiary/aromatic N) is 1. The van der Waals surface area contributed by atoms with E-state index in [1.165, 1.54) is 11.1 Å². The fraction of sp³-hybridized carbons (Fsp3) is 0.0500. The number of nitriles is 1. The van der Waals surface area contributed by atoms with Crippen molar-refractivity contribution >= 4 is 5.69 Å². The zero-order valence-corrected chi connectivity index (χ0v) is 12.1. The molecule has 0 radical (unpaired) electrons. The van der Waals surface area contributed by atoms with E-state index in [1.54, 1.807) is 0 Å². The fourth-order valence-electron chi connectivity index (χ4n) is 2.50. The van der Waals surface area contributed by atoms with Gasteiger partial charge < -0.3 is 5.32 Å². The van der Waals surface area contributed by atoms with E-state index in [1.807, 2.05) is 60.7 Å². The highest BCUT2D eigenvalue weighted by Crippen LogP contribution is 2.26. The number of hydrogen-bond donors (Lipinski definition) is 1.